The van der Waals surface area contributed by atoms with E-state index in [-0.39, 0.29) is 24.0 Å². The van der Waals surface area contributed by atoms with Crippen LogP contribution in [0.4, 0.5) is 0 Å². The Hall–Kier alpha value is -0.410. The number of ketones is 1. The standard InChI is InChI=1S/C9H10O3/c10-7-5-3-1-11-8(5)9-6(7)4(3)2-12-9/h3-6,8-9H,1-2H2/t3-,4+,5-,6+,8-,9+. The Labute approximate surface area is 70.0 Å². The van der Waals surface area contributed by atoms with Gasteiger partial charge in [0.1, 0.15) is 5.78 Å². The zero-order valence-corrected chi connectivity index (χ0v) is 6.60. The summed E-state index contributed by atoms with van der Waals surface area (Å²) in [6.07, 6.45) is 0.262. The van der Waals surface area contributed by atoms with Gasteiger partial charge in [0.25, 0.3) is 0 Å². The van der Waals surface area contributed by atoms with Crippen molar-refractivity contribution in [2.75, 3.05) is 13.2 Å². The van der Waals surface area contributed by atoms with Crippen molar-refractivity contribution >= 4 is 5.78 Å². The third-order valence-corrected chi connectivity index (χ3v) is 4.12. The molecule has 0 aromatic heterocycles. The predicted molar refractivity (Wildman–Crippen MR) is 38.4 cm³/mol. The molecule has 4 fully saturated rings. The Morgan fingerprint density at radius 1 is 1.00 bits per heavy atom. The molecular formula is C9H10O3. The number of hydrogen-bond acceptors (Lipinski definition) is 3. The first-order chi connectivity index (χ1) is 5.88. The van der Waals surface area contributed by atoms with Crippen molar-refractivity contribution in [2.45, 2.75) is 12.2 Å². The highest BCUT2D eigenvalue weighted by molar-refractivity contribution is 5.91. The van der Waals surface area contributed by atoms with Crippen molar-refractivity contribution in [1.29, 1.82) is 0 Å². The van der Waals surface area contributed by atoms with Crippen LogP contribution in [0.2, 0.25) is 0 Å². The molecule has 12 heavy (non-hydrogen) atoms. The molecule has 0 aromatic carbocycles. The van der Waals surface area contributed by atoms with Gasteiger partial charge in [0.15, 0.2) is 0 Å². The van der Waals surface area contributed by atoms with E-state index < -0.39 is 0 Å². The number of fused-ring (bicyclic) bond motifs is 2. The highest BCUT2D eigenvalue weighted by Gasteiger charge is 2.70. The highest BCUT2D eigenvalue weighted by atomic mass is 16.6. The van der Waals surface area contributed by atoms with Crippen molar-refractivity contribution < 1.29 is 14.3 Å². The molecule has 64 valence electrons. The number of hydrogen-bond donors (Lipinski definition) is 0. The van der Waals surface area contributed by atoms with E-state index in [4.69, 9.17) is 9.47 Å². The first-order valence-electron chi connectivity index (χ1n) is 4.65. The normalized spacial score (nSPS) is 65.2. The molecule has 2 bridgehead atoms. The molecule has 0 amide bonds. The SMILES string of the molecule is O=C1[C@@H]2[C@H]3CO[C@@H]2[C@@H]2OC[C@H]3[C@H]12. The molecule has 6 atom stereocenters. The molecule has 2 saturated carbocycles. The second kappa shape index (κ2) is 1.61. The van der Waals surface area contributed by atoms with Gasteiger partial charge in [-0.05, 0) is 0 Å². The molecule has 3 heteroatoms. The Kier molecular flexibility index (Phi) is 0.820. The molecule has 2 heterocycles. The lowest BCUT2D eigenvalue weighted by atomic mass is 9.82. The minimum Gasteiger partial charge on any atom is -0.374 e. The molecular weight excluding hydrogens is 156 g/mol. The number of carbonyl (C=O) groups is 1. The van der Waals surface area contributed by atoms with E-state index in [0.717, 1.165) is 13.2 Å². The molecule has 0 N–H and O–H groups in total. The predicted octanol–water partition coefficient (Wildman–Crippen LogP) is -0.155. The monoisotopic (exact) mass is 166 g/mol. The zero-order valence-electron chi connectivity index (χ0n) is 6.60. The Morgan fingerprint density at radius 2 is 1.50 bits per heavy atom. The third-order valence-electron chi connectivity index (χ3n) is 4.12. The quantitative estimate of drug-likeness (QED) is 0.502. The van der Waals surface area contributed by atoms with Crippen molar-refractivity contribution in [2.24, 2.45) is 23.7 Å². The fraction of sp³-hybridized carbons (Fsp3) is 0.889. The fourth-order valence-corrected chi connectivity index (χ4v) is 3.69. The summed E-state index contributed by atoms with van der Waals surface area (Å²) in [4.78, 5) is 11.7. The lowest BCUT2D eigenvalue weighted by Crippen LogP contribution is -2.30. The minimum atomic E-state index is 0.131. The van der Waals surface area contributed by atoms with Crippen molar-refractivity contribution in [1.82, 2.24) is 0 Å². The maximum absolute atomic E-state index is 11.7. The van der Waals surface area contributed by atoms with Gasteiger partial charge in [-0.3, -0.25) is 4.79 Å². The van der Waals surface area contributed by atoms with Gasteiger partial charge in [0.2, 0.25) is 0 Å². The molecule has 4 aliphatic rings. The van der Waals surface area contributed by atoms with E-state index in [1.807, 2.05) is 0 Å². The molecule has 0 spiro atoms. The summed E-state index contributed by atoms with van der Waals surface area (Å²) in [6, 6.07) is 0. The maximum Gasteiger partial charge on any atom is 0.145 e. The summed E-state index contributed by atoms with van der Waals surface area (Å²) in [7, 11) is 0. The van der Waals surface area contributed by atoms with Crippen LogP contribution in [-0.4, -0.2) is 31.2 Å². The average Bonchev–Trinajstić information content (AvgIpc) is 2.62. The van der Waals surface area contributed by atoms with E-state index in [9.17, 15) is 4.79 Å². The van der Waals surface area contributed by atoms with Crippen LogP contribution in [0.5, 0.6) is 0 Å². The summed E-state index contributed by atoms with van der Waals surface area (Å²) in [5, 5.41) is 0. The fourth-order valence-electron chi connectivity index (χ4n) is 3.69. The number of rotatable bonds is 0. The van der Waals surface area contributed by atoms with Gasteiger partial charge >= 0.3 is 0 Å². The summed E-state index contributed by atoms with van der Waals surface area (Å²) in [5.41, 5.74) is 0. The Balaban J connectivity index is 1.96. The smallest absolute Gasteiger partial charge is 0.145 e. The molecule has 2 saturated heterocycles. The van der Waals surface area contributed by atoms with Crippen molar-refractivity contribution in [3.05, 3.63) is 0 Å². The zero-order chi connectivity index (χ0) is 7.87. The highest BCUT2D eigenvalue weighted by Crippen LogP contribution is 2.59. The van der Waals surface area contributed by atoms with E-state index in [1.54, 1.807) is 0 Å². The van der Waals surface area contributed by atoms with Gasteiger partial charge in [-0.1, -0.05) is 0 Å². The van der Waals surface area contributed by atoms with Crippen LogP contribution in [0, 0.1) is 23.7 Å². The summed E-state index contributed by atoms with van der Waals surface area (Å²) in [5.74, 6) is 1.88. The second-order valence-electron chi connectivity index (χ2n) is 4.38. The lowest BCUT2D eigenvalue weighted by molar-refractivity contribution is -0.122. The molecule has 0 radical (unpaired) electrons. The van der Waals surface area contributed by atoms with Gasteiger partial charge in [0, 0.05) is 11.8 Å². The topological polar surface area (TPSA) is 35.5 Å². The number of carbonyl (C=O) groups excluding carboxylic acids is 1. The van der Waals surface area contributed by atoms with E-state index in [1.165, 1.54) is 0 Å². The van der Waals surface area contributed by atoms with Crippen LogP contribution in [0.1, 0.15) is 0 Å². The first-order valence-corrected chi connectivity index (χ1v) is 4.65. The number of Topliss-reactive ketones (excluding diaryl/α,β-unsaturated/α-hetero) is 1. The van der Waals surface area contributed by atoms with Gasteiger partial charge in [-0.15, -0.1) is 0 Å². The first kappa shape index (κ1) is 6.11. The van der Waals surface area contributed by atoms with E-state index >= 15 is 0 Å². The number of ether oxygens (including phenoxy) is 2. The second-order valence-corrected chi connectivity index (χ2v) is 4.38. The summed E-state index contributed by atoms with van der Waals surface area (Å²) >= 11 is 0. The maximum atomic E-state index is 11.7. The van der Waals surface area contributed by atoms with Gasteiger partial charge in [0.05, 0.1) is 37.3 Å². The molecule has 2 aliphatic heterocycles. The van der Waals surface area contributed by atoms with Crippen LogP contribution < -0.4 is 0 Å². The molecule has 0 aromatic rings. The molecule has 0 unspecified atom stereocenters. The molecule has 2 aliphatic carbocycles. The van der Waals surface area contributed by atoms with E-state index in [2.05, 4.69) is 0 Å². The minimum absolute atomic E-state index is 0.131. The lowest BCUT2D eigenvalue weighted by Gasteiger charge is -2.18. The van der Waals surface area contributed by atoms with Gasteiger partial charge < -0.3 is 9.47 Å². The van der Waals surface area contributed by atoms with Crippen LogP contribution in [0.25, 0.3) is 0 Å². The molecule has 4 rings (SSSR count). The Morgan fingerprint density at radius 3 is 2.00 bits per heavy atom. The largest absolute Gasteiger partial charge is 0.374 e. The van der Waals surface area contributed by atoms with Crippen LogP contribution in [0.3, 0.4) is 0 Å². The van der Waals surface area contributed by atoms with Crippen LogP contribution in [0.15, 0.2) is 0 Å². The van der Waals surface area contributed by atoms with Gasteiger partial charge in [-0.2, -0.15) is 0 Å². The van der Waals surface area contributed by atoms with E-state index in [0.29, 0.717) is 17.6 Å². The van der Waals surface area contributed by atoms with Gasteiger partial charge in [-0.25, -0.2) is 0 Å². The average molecular weight is 166 g/mol. The summed E-state index contributed by atoms with van der Waals surface area (Å²) in [6.45, 7) is 1.62. The third kappa shape index (κ3) is 0.409. The van der Waals surface area contributed by atoms with Crippen LogP contribution >= 0.6 is 0 Å². The Bertz CT molecular complexity index is 229. The van der Waals surface area contributed by atoms with Crippen molar-refractivity contribution in [3.63, 3.8) is 0 Å². The van der Waals surface area contributed by atoms with Crippen molar-refractivity contribution in [3.8, 4) is 0 Å². The molecule has 3 nitrogen and oxygen atoms in total. The summed E-state index contributed by atoms with van der Waals surface area (Å²) < 4.78 is 11.2. The van der Waals surface area contributed by atoms with Crippen LogP contribution in [-0.2, 0) is 14.3 Å².